The van der Waals surface area contributed by atoms with E-state index in [0.29, 0.717) is 11.8 Å². The van der Waals surface area contributed by atoms with E-state index in [4.69, 9.17) is 0 Å². The van der Waals surface area contributed by atoms with Crippen LogP contribution in [0, 0.1) is 5.92 Å². The van der Waals surface area contributed by atoms with Gasteiger partial charge in [-0.2, -0.15) is 0 Å². The van der Waals surface area contributed by atoms with Crippen LogP contribution in [0.25, 0.3) is 0 Å². The summed E-state index contributed by atoms with van der Waals surface area (Å²) in [6.45, 7) is 4.02. The molecule has 2 N–H and O–H groups in total. The van der Waals surface area contributed by atoms with Crippen molar-refractivity contribution in [3.8, 4) is 0 Å². The van der Waals surface area contributed by atoms with Crippen molar-refractivity contribution >= 4 is 0 Å². The maximum absolute atomic E-state index is 10.6. The fraction of sp³-hybridized carbons (Fsp3) is 0.647. The zero-order valence-electron chi connectivity index (χ0n) is 11.9. The zero-order valence-corrected chi connectivity index (χ0v) is 11.9. The van der Waals surface area contributed by atoms with Crippen molar-refractivity contribution in [3.05, 3.63) is 35.4 Å². The molecule has 1 saturated carbocycles. The molecule has 2 heteroatoms. The predicted octanol–water partition coefficient (Wildman–Crippen LogP) is 2.86. The summed E-state index contributed by atoms with van der Waals surface area (Å²) in [6, 6.07) is 8.71. The maximum atomic E-state index is 10.6. The second-order valence-corrected chi connectivity index (χ2v) is 6.66. The summed E-state index contributed by atoms with van der Waals surface area (Å²) in [5, 5.41) is 14.1. The van der Waals surface area contributed by atoms with Crippen LogP contribution in [0.15, 0.2) is 24.3 Å². The van der Waals surface area contributed by atoms with Gasteiger partial charge in [0.15, 0.2) is 0 Å². The first-order valence-corrected chi connectivity index (χ1v) is 7.67. The van der Waals surface area contributed by atoms with Crippen LogP contribution in [0.4, 0.5) is 0 Å². The van der Waals surface area contributed by atoms with Gasteiger partial charge in [0.05, 0.1) is 5.60 Å². The molecule has 2 aliphatic carbocycles. The van der Waals surface area contributed by atoms with Crippen LogP contribution in [0.3, 0.4) is 0 Å². The molecule has 0 radical (unpaired) electrons. The average Bonchev–Trinajstić information content (AvgIpc) is 2.34. The lowest BCUT2D eigenvalue weighted by molar-refractivity contribution is -0.0118. The molecule has 0 aromatic heterocycles. The molecule has 1 aromatic carbocycles. The molecule has 3 unspecified atom stereocenters. The lowest BCUT2D eigenvalue weighted by Crippen LogP contribution is -2.45. The Morgan fingerprint density at radius 3 is 3.00 bits per heavy atom. The normalized spacial score (nSPS) is 33.6. The summed E-state index contributed by atoms with van der Waals surface area (Å²) >= 11 is 0. The minimum Gasteiger partial charge on any atom is -0.389 e. The lowest BCUT2D eigenvalue weighted by Gasteiger charge is -2.37. The van der Waals surface area contributed by atoms with Crippen LogP contribution in [-0.2, 0) is 6.42 Å². The maximum Gasteiger partial charge on any atom is 0.0774 e. The Morgan fingerprint density at radius 1 is 1.37 bits per heavy atom. The van der Waals surface area contributed by atoms with Crippen LogP contribution in [0.1, 0.15) is 49.7 Å². The average molecular weight is 259 g/mol. The Labute approximate surface area is 116 Å². The van der Waals surface area contributed by atoms with E-state index < -0.39 is 5.60 Å². The molecule has 0 heterocycles. The van der Waals surface area contributed by atoms with Crippen molar-refractivity contribution < 1.29 is 5.11 Å². The number of benzene rings is 1. The summed E-state index contributed by atoms with van der Waals surface area (Å²) in [6.07, 6.45) is 5.56. The monoisotopic (exact) mass is 259 g/mol. The Hall–Kier alpha value is -0.860. The number of fused-ring (bicyclic) bond motifs is 1. The third-order valence-electron chi connectivity index (χ3n) is 4.87. The summed E-state index contributed by atoms with van der Waals surface area (Å²) in [4.78, 5) is 0. The smallest absolute Gasteiger partial charge is 0.0774 e. The van der Waals surface area contributed by atoms with Gasteiger partial charge in [0, 0.05) is 19.0 Å². The molecule has 2 nitrogen and oxygen atoms in total. The van der Waals surface area contributed by atoms with E-state index in [1.165, 1.54) is 30.4 Å². The molecular formula is C17H25NO. The highest BCUT2D eigenvalue weighted by Gasteiger charge is 2.33. The van der Waals surface area contributed by atoms with E-state index in [1.807, 2.05) is 0 Å². The van der Waals surface area contributed by atoms with Gasteiger partial charge < -0.3 is 10.4 Å². The Bertz CT molecular complexity index is 445. The number of nitrogens with one attached hydrogen (secondary N) is 1. The van der Waals surface area contributed by atoms with Crippen molar-refractivity contribution in [2.45, 2.75) is 50.5 Å². The van der Waals surface area contributed by atoms with E-state index in [2.05, 4.69) is 36.5 Å². The molecule has 1 fully saturated rings. The summed E-state index contributed by atoms with van der Waals surface area (Å²) < 4.78 is 0. The second kappa shape index (κ2) is 5.26. The Morgan fingerprint density at radius 2 is 2.21 bits per heavy atom. The zero-order chi connectivity index (χ0) is 13.3. The van der Waals surface area contributed by atoms with E-state index in [-0.39, 0.29) is 0 Å². The lowest BCUT2D eigenvalue weighted by atomic mass is 9.77. The molecule has 0 saturated heterocycles. The quantitative estimate of drug-likeness (QED) is 0.871. The molecular weight excluding hydrogens is 234 g/mol. The first kappa shape index (κ1) is 13.1. The molecule has 2 aliphatic rings. The Kier molecular flexibility index (Phi) is 3.64. The highest BCUT2D eigenvalue weighted by Crippen LogP contribution is 2.35. The molecule has 19 heavy (non-hydrogen) atoms. The molecule has 3 rings (SSSR count). The van der Waals surface area contributed by atoms with Crippen molar-refractivity contribution in [2.75, 3.05) is 13.1 Å². The van der Waals surface area contributed by atoms with Crippen LogP contribution < -0.4 is 5.32 Å². The minimum absolute atomic E-state index is 0.457. The third-order valence-corrected chi connectivity index (χ3v) is 4.87. The predicted molar refractivity (Wildman–Crippen MR) is 78.3 cm³/mol. The van der Waals surface area contributed by atoms with Gasteiger partial charge in [-0.25, -0.2) is 0 Å². The van der Waals surface area contributed by atoms with Gasteiger partial charge in [0.2, 0.25) is 0 Å². The fourth-order valence-electron chi connectivity index (χ4n) is 3.82. The van der Waals surface area contributed by atoms with Crippen LogP contribution >= 0.6 is 0 Å². The molecule has 0 bridgehead atoms. The molecule has 0 aliphatic heterocycles. The van der Waals surface area contributed by atoms with E-state index in [9.17, 15) is 5.11 Å². The molecule has 104 valence electrons. The molecule has 1 aromatic rings. The fourth-order valence-corrected chi connectivity index (χ4v) is 3.82. The summed E-state index contributed by atoms with van der Waals surface area (Å²) in [7, 11) is 0. The number of rotatable bonds is 4. The van der Waals surface area contributed by atoms with E-state index in [1.54, 1.807) is 0 Å². The Balaban J connectivity index is 1.47. The third kappa shape index (κ3) is 2.85. The highest BCUT2D eigenvalue weighted by atomic mass is 16.3. The number of hydrogen-bond acceptors (Lipinski definition) is 2. The van der Waals surface area contributed by atoms with E-state index in [0.717, 1.165) is 25.9 Å². The SMILES string of the molecule is CC1CCCC(O)(CNCC2Cc3ccccc32)C1. The molecule has 3 atom stereocenters. The topological polar surface area (TPSA) is 32.3 Å². The van der Waals surface area contributed by atoms with Crippen LogP contribution in [0.2, 0.25) is 0 Å². The van der Waals surface area contributed by atoms with Gasteiger partial charge in [0.25, 0.3) is 0 Å². The minimum atomic E-state index is -0.457. The van der Waals surface area contributed by atoms with Crippen LogP contribution in [0.5, 0.6) is 0 Å². The van der Waals surface area contributed by atoms with Gasteiger partial charge in [-0.15, -0.1) is 0 Å². The first-order valence-electron chi connectivity index (χ1n) is 7.67. The highest BCUT2D eigenvalue weighted by molar-refractivity contribution is 5.40. The van der Waals surface area contributed by atoms with Gasteiger partial charge in [0.1, 0.15) is 0 Å². The first-order chi connectivity index (χ1) is 9.16. The van der Waals surface area contributed by atoms with Crippen molar-refractivity contribution in [1.82, 2.24) is 5.32 Å². The van der Waals surface area contributed by atoms with E-state index >= 15 is 0 Å². The summed E-state index contributed by atoms with van der Waals surface area (Å²) in [5.74, 6) is 1.32. The standard InChI is InChI=1S/C17H25NO/c1-13-5-4-8-17(19,10-13)12-18-11-15-9-14-6-2-3-7-16(14)15/h2-3,6-7,13,15,18-19H,4-5,8-12H2,1H3. The summed E-state index contributed by atoms with van der Waals surface area (Å²) in [5.41, 5.74) is 2.54. The number of aliphatic hydroxyl groups is 1. The largest absolute Gasteiger partial charge is 0.389 e. The van der Waals surface area contributed by atoms with Gasteiger partial charge in [-0.1, -0.05) is 44.0 Å². The second-order valence-electron chi connectivity index (χ2n) is 6.66. The van der Waals surface area contributed by atoms with Crippen molar-refractivity contribution in [3.63, 3.8) is 0 Å². The number of hydrogen-bond donors (Lipinski definition) is 2. The molecule has 0 spiro atoms. The molecule has 0 amide bonds. The van der Waals surface area contributed by atoms with Crippen LogP contribution in [-0.4, -0.2) is 23.8 Å². The van der Waals surface area contributed by atoms with Gasteiger partial charge in [-0.3, -0.25) is 0 Å². The van der Waals surface area contributed by atoms with Crippen molar-refractivity contribution in [1.29, 1.82) is 0 Å². The van der Waals surface area contributed by atoms with Gasteiger partial charge >= 0.3 is 0 Å². The van der Waals surface area contributed by atoms with Gasteiger partial charge in [-0.05, 0) is 36.3 Å². The van der Waals surface area contributed by atoms with Crippen molar-refractivity contribution in [2.24, 2.45) is 5.92 Å².